The molecule has 0 amide bonds. The molecule has 0 unspecified atom stereocenters. The van der Waals surface area contributed by atoms with Crippen LogP contribution in [0.3, 0.4) is 0 Å². The third kappa shape index (κ3) is 67.6. The van der Waals surface area contributed by atoms with Gasteiger partial charge >= 0.3 is 0 Å². The summed E-state index contributed by atoms with van der Waals surface area (Å²) in [5.74, 6) is 0.0321. The molecule has 3 N–H and O–H groups in total. The molecule has 1 aliphatic rings. The number of rotatable bonds is 40. The van der Waals surface area contributed by atoms with Crippen molar-refractivity contribution in [2.45, 2.75) is 256 Å². The van der Waals surface area contributed by atoms with Crippen LogP contribution in [0.5, 0.6) is 0 Å². The first-order valence-electron chi connectivity index (χ1n) is 24.8. The fourth-order valence-corrected chi connectivity index (χ4v) is 7.11. The van der Waals surface area contributed by atoms with Crippen LogP contribution in [0.1, 0.15) is 256 Å². The van der Waals surface area contributed by atoms with Crippen LogP contribution in [0.4, 0.5) is 0 Å². The zero-order valence-corrected chi connectivity index (χ0v) is 43.6. The van der Waals surface area contributed by atoms with Gasteiger partial charge in [-0.25, -0.2) is 0 Å². The monoisotopic (exact) mass is 990 g/mol. The Hall–Kier alpha value is -0.716. The minimum absolute atomic E-state index is 0. The topological polar surface area (TPSA) is 122 Å². The molecule has 0 saturated heterocycles. The fourth-order valence-electron chi connectivity index (χ4n) is 7.11. The zero-order chi connectivity index (χ0) is 44.3. The van der Waals surface area contributed by atoms with Gasteiger partial charge in [0, 0.05) is 50.4 Å². The SMILES string of the molecule is C.C.C.C.C=O.CC.CCCCCCCCCCOCOCCCCCCCCCCCCCCCCCCCCOCO.CCCCCCOC(=N)C(=N)C1=CCC[N+](C)(C)C1.S.[V]. The Morgan fingerprint density at radius 1 is 0.554 bits per heavy atom. The summed E-state index contributed by atoms with van der Waals surface area (Å²) in [6.45, 7) is 15.7. The molecule has 0 aliphatic carbocycles. The average Bonchev–Trinajstić information content (AvgIpc) is 3.25. The van der Waals surface area contributed by atoms with E-state index in [1.807, 2.05) is 20.6 Å². The van der Waals surface area contributed by atoms with Crippen molar-refractivity contribution in [1.82, 2.24) is 0 Å². The van der Waals surface area contributed by atoms with Gasteiger partial charge in [0.1, 0.15) is 32.6 Å². The summed E-state index contributed by atoms with van der Waals surface area (Å²) < 4.78 is 22.4. The first kappa shape index (κ1) is 84.2. The van der Waals surface area contributed by atoms with E-state index in [2.05, 4.69) is 34.0 Å². The van der Waals surface area contributed by atoms with Gasteiger partial charge in [-0.2, -0.15) is 13.5 Å². The first-order chi connectivity index (χ1) is 28.9. The number of nitrogens with one attached hydrogen (secondary N) is 2. The van der Waals surface area contributed by atoms with Crippen LogP contribution >= 0.6 is 13.5 Å². The molecule has 0 atom stereocenters. The van der Waals surface area contributed by atoms with Gasteiger partial charge in [-0.15, -0.1) is 0 Å². The van der Waals surface area contributed by atoms with E-state index < -0.39 is 0 Å². The number of hydrogen-bond donors (Lipinski definition) is 3. The van der Waals surface area contributed by atoms with Crippen LogP contribution in [0.25, 0.3) is 0 Å². The normalized spacial score (nSPS) is 11.7. The molecule has 1 heterocycles. The number of hydrogen-bond acceptors (Lipinski definition) is 8. The Morgan fingerprint density at radius 3 is 1.17 bits per heavy atom. The predicted molar refractivity (Wildman–Crippen MR) is 291 cm³/mol. The molecule has 0 aromatic rings. The van der Waals surface area contributed by atoms with E-state index in [4.69, 9.17) is 39.7 Å². The van der Waals surface area contributed by atoms with Gasteiger partial charge in [0.2, 0.25) is 5.90 Å². The number of aliphatic hydroxyl groups excluding tert-OH is 1. The Bertz CT molecular complexity index is 867. The third-order valence-electron chi connectivity index (χ3n) is 10.7. The fraction of sp³-hybridized carbons (Fsp3) is 0.907. The maximum atomic E-state index is 8.55. The molecule has 397 valence electrons. The minimum Gasteiger partial charge on any atom is -0.477 e. The molecule has 0 aromatic heterocycles. The van der Waals surface area contributed by atoms with E-state index in [1.54, 1.807) is 0 Å². The number of nitrogens with zero attached hydrogens (tertiary/aromatic N) is 1. The standard InChI is InChI=1S/C32H66O4.C15H28N3O.C2H6.CH2O.4CH4.H2S.V/c1-2-3-4-5-6-19-23-26-29-35-32-36-30-27-24-21-18-16-14-12-10-8-7-9-11-13-15-17-20-22-25-28-34-31-33;1-4-5-6-7-11-19-15(17)14(16)13-9-8-10-18(2,3)12-13;2*1-2;;;;;;/h33H,2-32H2,1H3;9,16-17H,4-8,10-12H2,1-3H3;1-2H3;1H2;4*1H4;1H2;/q;+1;;;;;;;;. The van der Waals surface area contributed by atoms with Crippen LogP contribution in [0.2, 0.25) is 0 Å². The van der Waals surface area contributed by atoms with Crippen molar-refractivity contribution in [2.24, 2.45) is 0 Å². The number of aliphatic hydroxyl groups is 1. The Morgan fingerprint density at radius 2 is 0.846 bits per heavy atom. The van der Waals surface area contributed by atoms with Crippen molar-refractivity contribution >= 4 is 31.9 Å². The number of quaternary nitrogens is 1. The molecule has 1 aliphatic heterocycles. The molecule has 11 heteroatoms. The molecular formula is C54H120N3O6SV+. The van der Waals surface area contributed by atoms with E-state index in [9.17, 15) is 0 Å². The molecule has 65 heavy (non-hydrogen) atoms. The summed E-state index contributed by atoms with van der Waals surface area (Å²) >= 11 is 0. The maximum absolute atomic E-state index is 8.55. The molecule has 0 saturated carbocycles. The zero-order valence-electron chi connectivity index (χ0n) is 41.2. The predicted octanol–water partition coefficient (Wildman–Crippen LogP) is 16.6. The van der Waals surface area contributed by atoms with Crippen LogP contribution in [0.15, 0.2) is 11.6 Å². The second-order valence-electron chi connectivity index (χ2n) is 16.8. The van der Waals surface area contributed by atoms with E-state index in [1.165, 1.54) is 173 Å². The number of ether oxygens (including phenoxy) is 4. The van der Waals surface area contributed by atoms with Crippen LogP contribution in [-0.4, -0.2) is 95.2 Å². The number of carbonyl (C=O) groups excluding carboxylic acids is 1. The van der Waals surface area contributed by atoms with E-state index in [0.717, 1.165) is 62.0 Å². The van der Waals surface area contributed by atoms with Crippen LogP contribution in [-0.2, 0) is 42.3 Å². The smallest absolute Gasteiger partial charge is 0.232 e. The Balaban J connectivity index is -0.000000132. The first-order valence-corrected chi connectivity index (χ1v) is 24.8. The third-order valence-corrected chi connectivity index (χ3v) is 10.7. The van der Waals surface area contributed by atoms with Gasteiger partial charge in [-0.3, -0.25) is 10.8 Å². The van der Waals surface area contributed by atoms with Crippen LogP contribution in [0, 0.1) is 10.8 Å². The number of likely N-dealkylation sites (N-methyl/N-ethyl adjacent to an activating group) is 1. The van der Waals surface area contributed by atoms with Gasteiger partial charge in [-0.05, 0) is 25.7 Å². The summed E-state index contributed by atoms with van der Waals surface area (Å²) in [6.07, 6.45) is 42.8. The van der Waals surface area contributed by atoms with Crippen molar-refractivity contribution in [2.75, 3.05) is 67.2 Å². The quantitative estimate of drug-likeness (QED) is 0.0185. The molecule has 0 aromatic carbocycles. The summed E-state index contributed by atoms with van der Waals surface area (Å²) in [6, 6.07) is 0. The molecular weight excluding hydrogens is 870 g/mol. The van der Waals surface area contributed by atoms with Gasteiger partial charge in [0.15, 0.2) is 0 Å². The second kappa shape index (κ2) is 72.3. The van der Waals surface area contributed by atoms with E-state index in [-0.39, 0.29) is 80.2 Å². The summed E-state index contributed by atoms with van der Waals surface area (Å²) in [5, 5.41) is 24.5. The molecule has 0 bridgehead atoms. The molecule has 1 radical (unpaired) electrons. The largest absolute Gasteiger partial charge is 0.477 e. The Kier molecular flexibility index (Phi) is 93.7. The summed E-state index contributed by atoms with van der Waals surface area (Å²) in [5.41, 5.74) is 1.22. The van der Waals surface area contributed by atoms with Crippen LogP contribution < -0.4 is 0 Å². The second-order valence-corrected chi connectivity index (χ2v) is 16.8. The van der Waals surface area contributed by atoms with Crippen molar-refractivity contribution in [3.63, 3.8) is 0 Å². The van der Waals surface area contributed by atoms with E-state index in [0.29, 0.717) is 20.0 Å². The van der Waals surface area contributed by atoms with Gasteiger partial charge in [-0.1, -0.05) is 230 Å². The maximum Gasteiger partial charge on any atom is 0.232 e. The van der Waals surface area contributed by atoms with Gasteiger partial charge in [0.25, 0.3) is 0 Å². The molecule has 9 nitrogen and oxygen atoms in total. The molecule has 1 rings (SSSR count). The number of unbranched alkanes of at least 4 members (excludes halogenated alkanes) is 27. The summed E-state index contributed by atoms with van der Waals surface area (Å²) in [7, 11) is 4.32. The van der Waals surface area contributed by atoms with Crippen molar-refractivity contribution in [1.29, 1.82) is 10.8 Å². The van der Waals surface area contributed by atoms with E-state index >= 15 is 0 Å². The number of carbonyl (C=O) groups is 1. The molecule has 0 fully saturated rings. The average molecular weight is 991 g/mol. The molecule has 0 spiro atoms. The van der Waals surface area contributed by atoms with Gasteiger partial charge in [0.05, 0.1) is 27.2 Å². The Labute approximate surface area is 427 Å². The summed E-state index contributed by atoms with van der Waals surface area (Å²) in [4.78, 5) is 8.00. The minimum atomic E-state index is -0.132. The van der Waals surface area contributed by atoms with Crippen molar-refractivity contribution in [3.05, 3.63) is 11.6 Å². The van der Waals surface area contributed by atoms with Gasteiger partial charge < -0.3 is 33.3 Å². The van der Waals surface area contributed by atoms with Crippen molar-refractivity contribution < 1.29 is 51.9 Å². The van der Waals surface area contributed by atoms with Crippen molar-refractivity contribution in [3.8, 4) is 0 Å².